The Kier molecular flexibility index (Phi) is 7.52. The van der Waals surface area contributed by atoms with Crippen molar-refractivity contribution >= 4 is 16.8 Å². The van der Waals surface area contributed by atoms with Gasteiger partial charge in [0, 0.05) is 52.2 Å². The van der Waals surface area contributed by atoms with E-state index in [0.29, 0.717) is 18.5 Å². The third-order valence-corrected chi connectivity index (χ3v) is 6.47. The molecule has 0 unspecified atom stereocenters. The molecule has 1 amide bonds. The molecule has 174 valence electrons. The van der Waals surface area contributed by atoms with Gasteiger partial charge in [-0.05, 0) is 36.2 Å². The first-order chi connectivity index (χ1) is 16.0. The number of carbonyl (C=O) groups excluding carboxylic acids is 1. The molecule has 7 heteroatoms. The lowest BCUT2D eigenvalue weighted by Gasteiger charge is -2.34. The molecular weight excluding hydrogens is 414 g/mol. The fraction of sp³-hybridized carbons (Fsp3) is 0.423. The van der Waals surface area contributed by atoms with Gasteiger partial charge in [-0.15, -0.1) is 0 Å². The maximum absolute atomic E-state index is 12.7. The molecule has 0 saturated carbocycles. The minimum absolute atomic E-state index is 0.0795. The minimum atomic E-state index is -0.108. The summed E-state index contributed by atoms with van der Waals surface area (Å²) in [5.74, 6) is -0.0795. The molecule has 1 saturated heterocycles. The van der Waals surface area contributed by atoms with Crippen molar-refractivity contribution in [1.29, 1.82) is 0 Å². The van der Waals surface area contributed by atoms with Crippen LogP contribution in [-0.4, -0.2) is 58.0 Å². The zero-order valence-corrected chi connectivity index (χ0v) is 19.6. The number of carbonyl (C=O) groups is 1. The number of hydrogen-bond donors (Lipinski definition) is 1. The number of rotatable bonds is 8. The number of fused-ring (bicyclic) bond motifs is 1. The maximum atomic E-state index is 12.7. The van der Waals surface area contributed by atoms with Crippen LogP contribution in [0.4, 0.5) is 0 Å². The molecule has 1 N–H and O–H groups in total. The van der Waals surface area contributed by atoms with Gasteiger partial charge >= 0.3 is 0 Å². The van der Waals surface area contributed by atoms with Crippen LogP contribution >= 0.6 is 0 Å². The Hall–Kier alpha value is -3.03. The van der Waals surface area contributed by atoms with Crippen molar-refractivity contribution in [1.82, 2.24) is 24.7 Å². The normalized spacial score (nSPS) is 15.1. The Balaban J connectivity index is 1.24. The van der Waals surface area contributed by atoms with Gasteiger partial charge in [0.2, 0.25) is 5.91 Å². The lowest BCUT2D eigenvalue weighted by atomic mass is 10.1. The number of likely N-dealkylation sites (N-methyl/N-ethyl adjacent to an activating group) is 1. The molecule has 0 bridgehead atoms. The average Bonchev–Trinajstić information content (AvgIpc) is 2.84. The van der Waals surface area contributed by atoms with E-state index in [1.54, 1.807) is 6.07 Å². The van der Waals surface area contributed by atoms with Crippen LogP contribution in [0.2, 0.25) is 0 Å². The molecule has 2 aromatic carbocycles. The molecule has 3 aromatic rings. The summed E-state index contributed by atoms with van der Waals surface area (Å²) < 4.78 is 1.51. The second-order valence-electron chi connectivity index (χ2n) is 8.77. The summed E-state index contributed by atoms with van der Waals surface area (Å²) in [6, 6.07) is 14.0. The molecule has 1 aromatic heterocycles. The molecule has 4 rings (SSSR count). The van der Waals surface area contributed by atoms with Crippen molar-refractivity contribution in [2.24, 2.45) is 0 Å². The lowest BCUT2D eigenvalue weighted by Crippen LogP contribution is -2.45. The third-order valence-electron chi connectivity index (χ3n) is 6.47. The van der Waals surface area contributed by atoms with Crippen LogP contribution in [0.1, 0.15) is 30.0 Å². The van der Waals surface area contributed by atoms with E-state index in [0.717, 1.165) is 55.9 Å². The largest absolute Gasteiger partial charge is 0.352 e. The molecule has 7 nitrogen and oxygen atoms in total. The number of piperazine rings is 1. The lowest BCUT2D eigenvalue weighted by molar-refractivity contribution is -0.121. The first kappa shape index (κ1) is 23.1. The monoisotopic (exact) mass is 447 g/mol. The summed E-state index contributed by atoms with van der Waals surface area (Å²) in [5.41, 5.74) is 3.95. The van der Waals surface area contributed by atoms with Gasteiger partial charge in [0.1, 0.15) is 0 Å². The summed E-state index contributed by atoms with van der Waals surface area (Å²) in [6.07, 6.45) is 1.77. The van der Waals surface area contributed by atoms with Crippen LogP contribution in [-0.2, 0) is 24.4 Å². The smallest absolute Gasteiger partial charge is 0.261 e. The molecule has 1 aliphatic heterocycles. The Bertz CT molecular complexity index is 1150. The van der Waals surface area contributed by atoms with Crippen LogP contribution in [0, 0.1) is 6.92 Å². The van der Waals surface area contributed by atoms with E-state index >= 15 is 0 Å². The highest BCUT2D eigenvalue weighted by molar-refractivity contribution is 5.80. The first-order valence-corrected chi connectivity index (χ1v) is 11.8. The number of para-hydroxylation sites is 1. The van der Waals surface area contributed by atoms with Gasteiger partial charge < -0.3 is 10.2 Å². The van der Waals surface area contributed by atoms with Gasteiger partial charge in [0.25, 0.3) is 5.56 Å². The number of hydrogen-bond acceptors (Lipinski definition) is 5. The summed E-state index contributed by atoms with van der Waals surface area (Å²) in [6.45, 7) is 11.6. The van der Waals surface area contributed by atoms with E-state index in [2.05, 4.69) is 51.3 Å². The van der Waals surface area contributed by atoms with Crippen molar-refractivity contribution in [3.63, 3.8) is 0 Å². The van der Waals surface area contributed by atoms with Crippen LogP contribution in [0.5, 0.6) is 0 Å². The van der Waals surface area contributed by atoms with E-state index in [1.807, 2.05) is 19.1 Å². The van der Waals surface area contributed by atoms with Gasteiger partial charge in [-0.3, -0.25) is 19.1 Å². The van der Waals surface area contributed by atoms with Crippen molar-refractivity contribution in [3.05, 3.63) is 75.8 Å². The molecule has 0 aliphatic carbocycles. The fourth-order valence-corrected chi connectivity index (χ4v) is 4.29. The Morgan fingerprint density at radius 2 is 1.70 bits per heavy atom. The van der Waals surface area contributed by atoms with Crippen LogP contribution in [0.25, 0.3) is 10.9 Å². The van der Waals surface area contributed by atoms with Crippen molar-refractivity contribution in [2.75, 3.05) is 32.7 Å². The summed E-state index contributed by atoms with van der Waals surface area (Å²) in [4.78, 5) is 34.4. The van der Waals surface area contributed by atoms with Crippen molar-refractivity contribution in [2.45, 2.75) is 39.9 Å². The van der Waals surface area contributed by atoms with E-state index in [9.17, 15) is 9.59 Å². The van der Waals surface area contributed by atoms with Crippen molar-refractivity contribution in [3.8, 4) is 0 Å². The van der Waals surface area contributed by atoms with Gasteiger partial charge in [0.15, 0.2) is 0 Å². The van der Waals surface area contributed by atoms with E-state index < -0.39 is 0 Å². The SMILES string of the molecule is CCN1CCN(Cc2ccc(CNC(=O)CCn3cnc4c(C)cccc4c3=O)cc2)CC1. The standard InChI is InChI=1S/C26H33N5O2/c1-3-29-13-15-30(16-14-29)18-22-9-7-21(8-10-22)17-27-24(32)11-12-31-19-28-25-20(2)5-4-6-23(25)26(31)33/h4-10,19H,3,11-18H2,1-2H3,(H,27,32). The number of aryl methyl sites for hydroxylation is 2. The van der Waals surface area contributed by atoms with Gasteiger partial charge in [0.05, 0.1) is 17.2 Å². The molecular formula is C26H33N5O2. The fourth-order valence-electron chi connectivity index (χ4n) is 4.29. The first-order valence-electron chi connectivity index (χ1n) is 11.8. The number of benzene rings is 2. The van der Waals surface area contributed by atoms with Gasteiger partial charge in [-0.2, -0.15) is 0 Å². The maximum Gasteiger partial charge on any atom is 0.261 e. The summed E-state index contributed by atoms with van der Waals surface area (Å²) in [5, 5.41) is 3.54. The van der Waals surface area contributed by atoms with Crippen LogP contribution in [0.3, 0.4) is 0 Å². The molecule has 1 fully saturated rings. The van der Waals surface area contributed by atoms with E-state index in [1.165, 1.54) is 16.5 Å². The third kappa shape index (κ3) is 5.86. The zero-order valence-electron chi connectivity index (χ0n) is 19.6. The molecule has 2 heterocycles. The van der Waals surface area contributed by atoms with Crippen molar-refractivity contribution < 1.29 is 4.79 Å². The predicted octanol–water partition coefficient (Wildman–Crippen LogP) is 2.55. The topological polar surface area (TPSA) is 70.5 Å². The average molecular weight is 448 g/mol. The number of nitrogens with zero attached hydrogens (tertiary/aromatic N) is 4. The second-order valence-corrected chi connectivity index (χ2v) is 8.77. The highest BCUT2D eigenvalue weighted by Crippen LogP contribution is 2.12. The number of aromatic nitrogens is 2. The zero-order chi connectivity index (χ0) is 23.2. The quantitative estimate of drug-likeness (QED) is 0.575. The molecule has 0 atom stereocenters. The highest BCUT2D eigenvalue weighted by atomic mass is 16.1. The van der Waals surface area contributed by atoms with E-state index in [-0.39, 0.29) is 17.9 Å². The number of nitrogens with one attached hydrogen (secondary N) is 1. The van der Waals surface area contributed by atoms with Gasteiger partial charge in [-0.1, -0.05) is 43.3 Å². The Morgan fingerprint density at radius 3 is 2.42 bits per heavy atom. The molecule has 1 aliphatic rings. The van der Waals surface area contributed by atoms with Crippen LogP contribution < -0.4 is 10.9 Å². The highest BCUT2D eigenvalue weighted by Gasteiger charge is 2.15. The van der Waals surface area contributed by atoms with Crippen LogP contribution in [0.15, 0.2) is 53.6 Å². The molecule has 0 radical (unpaired) electrons. The Morgan fingerprint density at radius 1 is 1.00 bits per heavy atom. The summed E-state index contributed by atoms with van der Waals surface area (Å²) in [7, 11) is 0. The Labute approximate surface area is 195 Å². The molecule has 33 heavy (non-hydrogen) atoms. The predicted molar refractivity (Wildman–Crippen MR) is 131 cm³/mol. The van der Waals surface area contributed by atoms with Gasteiger partial charge in [-0.25, -0.2) is 4.98 Å². The second kappa shape index (κ2) is 10.7. The van der Waals surface area contributed by atoms with E-state index in [4.69, 9.17) is 0 Å². The minimum Gasteiger partial charge on any atom is -0.352 e. The molecule has 0 spiro atoms. The summed E-state index contributed by atoms with van der Waals surface area (Å²) >= 11 is 0. The number of amides is 1.